The molecule has 0 amide bonds. The Kier molecular flexibility index (Phi) is 4.16. The molecule has 0 aromatic rings. The van der Waals surface area contributed by atoms with Gasteiger partial charge in [-0.05, 0) is 12.8 Å². The van der Waals surface area contributed by atoms with E-state index in [0.29, 0.717) is 5.92 Å². The fourth-order valence-corrected chi connectivity index (χ4v) is 1.90. The summed E-state index contributed by atoms with van der Waals surface area (Å²) < 4.78 is 11.2. The zero-order valence-corrected chi connectivity index (χ0v) is 10.3. The van der Waals surface area contributed by atoms with E-state index in [4.69, 9.17) is 9.47 Å². The molecule has 0 N–H and O–H groups in total. The zero-order valence-electron chi connectivity index (χ0n) is 7.42. The van der Waals surface area contributed by atoms with Crippen LogP contribution in [0, 0.1) is 12.8 Å². The molecule has 1 radical (unpaired) electrons. The topological polar surface area (TPSA) is 18.5 Å². The molecular weight excluding hydrogens is 229 g/mol. The van der Waals surface area contributed by atoms with E-state index in [1.807, 2.05) is 0 Å². The van der Waals surface area contributed by atoms with Gasteiger partial charge in [-0.25, -0.2) is 0 Å². The van der Waals surface area contributed by atoms with Crippen molar-refractivity contribution in [2.75, 3.05) is 13.2 Å². The molecule has 2 nitrogen and oxygen atoms in total. The molecule has 0 bridgehead atoms. The maximum absolute atomic E-state index is 5.58. The number of ether oxygens (including phenoxy) is 2. The van der Waals surface area contributed by atoms with Gasteiger partial charge in [0.25, 0.3) is 0 Å². The molecular formula is C9H15O2Y-. The van der Waals surface area contributed by atoms with Crippen LogP contribution in [-0.4, -0.2) is 19.0 Å². The van der Waals surface area contributed by atoms with Crippen molar-refractivity contribution in [2.45, 2.75) is 31.5 Å². The van der Waals surface area contributed by atoms with Crippen LogP contribution in [0.5, 0.6) is 0 Å². The van der Waals surface area contributed by atoms with Gasteiger partial charge in [-0.1, -0.05) is 12.8 Å². The van der Waals surface area contributed by atoms with E-state index < -0.39 is 0 Å². The van der Waals surface area contributed by atoms with Gasteiger partial charge in [0.2, 0.25) is 0 Å². The molecule has 67 valence electrons. The van der Waals surface area contributed by atoms with E-state index in [0.717, 1.165) is 38.9 Å². The summed E-state index contributed by atoms with van der Waals surface area (Å²) in [5.74, 6) is 0.433. The van der Waals surface area contributed by atoms with Crippen LogP contribution < -0.4 is 0 Å². The van der Waals surface area contributed by atoms with Crippen LogP contribution in [0.1, 0.15) is 25.7 Å². The number of rotatable bonds is 0. The third kappa shape index (κ3) is 2.28. The summed E-state index contributed by atoms with van der Waals surface area (Å²) in [6.07, 6.45) is 4.39. The maximum atomic E-state index is 5.58. The summed E-state index contributed by atoms with van der Waals surface area (Å²) in [4.78, 5) is 0. The Morgan fingerprint density at radius 3 is 2.08 bits per heavy atom. The van der Waals surface area contributed by atoms with Gasteiger partial charge in [0, 0.05) is 32.7 Å². The van der Waals surface area contributed by atoms with Crippen molar-refractivity contribution < 1.29 is 42.2 Å². The summed E-state index contributed by atoms with van der Waals surface area (Å²) in [6.45, 7) is 5.60. The maximum Gasteiger partial charge on any atom is 0.168 e. The van der Waals surface area contributed by atoms with Crippen LogP contribution >= 0.6 is 0 Å². The summed E-state index contributed by atoms with van der Waals surface area (Å²) in [6, 6.07) is 0. The predicted octanol–water partition coefficient (Wildman–Crippen LogP) is 1.75. The van der Waals surface area contributed by atoms with Gasteiger partial charge in [0.15, 0.2) is 5.79 Å². The van der Waals surface area contributed by atoms with Crippen LogP contribution in [0.15, 0.2) is 0 Å². The van der Waals surface area contributed by atoms with Gasteiger partial charge in [0.05, 0.1) is 13.2 Å². The molecule has 2 fully saturated rings. The molecule has 12 heavy (non-hydrogen) atoms. The summed E-state index contributed by atoms with van der Waals surface area (Å²) in [5.41, 5.74) is 0. The Balaban J connectivity index is 0.000000720. The second-order valence-corrected chi connectivity index (χ2v) is 3.55. The van der Waals surface area contributed by atoms with Gasteiger partial charge < -0.3 is 16.4 Å². The first kappa shape index (κ1) is 11.1. The second-order valence-electron chi connectivity index (χ2n) is 3.55. The van der Waals surface area contributed by atoms with E-state index in [1.165, 1.54) is 0 Å². The first-order valence-electron chi connectivity index (χ1n) is 4.42. The zero-order chi connectivity index (χ0) is 7.73. The average Bonchev–Trinajstić information content (AvgIpc) is 2.45. The molecule has 1 saturated heterocycles. The molecule has 1 spiro atoms. The predicted molar refractivity (Wildman–Crippen MR) is 42.0 cm³/mol. The normalized spacial score (nSPS) is 28.8. The second kappa shape index (κ2) is 4.50. The molecule has 0 atom stereocenters. The van der Waals surface area contributed by atoms with E-state index in [1.54, 1.807) is 0 Å². The van der Waals surface area contributed by atoms with Crippen molar-refractivity contribution in [1.29, 1.82) is 0 Å². The largest absolute Gasteiger partial charge is 0.348 e. The Morgan fingerprint density at radius 1 is 1.08 bits per heavy atom. The average molecular weight is 244 g/mol. The van der Waals surface area contributed by atoms with E-state index in [-0.39, 0.29) is 38.5 Å². The number of hydrogen-bond donors (Lipinski definition) is 0. The molecule has 3 heteroatoms. The third-order valence-electron chi connectivity index (χ3n) is 2.68. The molecule has 0 unspecified atom stereocenters. The van der Waals surface area contributed by atoms with E-state index in [2.05, 4.69) is 6.92 Å². The van der Waals surface area contributed by atoms with Crippen molar-refractivity contribution in [3.63, 3.8) is 0 Å². The van der Waals surface area contributed by atoms with Crippen molar-refractivity contribution in [1.82, 2.24) is 0 Å². The van der Waals surface area contributed by atoms with Crippen LogP contribution in [0.2, 0.25) is 0 Å². The van der Waals surface area contributed by atoms with Gasteiger partial charge in [-0.2, -0.15) is 5.92 Å². The van der Waals surface area contributed by atoms with Crippen molar-refractivity contribution >= 4 is 0 Å². The first-order chi connectivity index (χ1) is 5.31. The standard InChI is InChI=1S/C9H15O2.Y/c1-8-2-4-9(5-3-8)10-6-7-11-9;/h8H,1-7H2;/q-1;. The minimum absolute atomic E-state index is 0. The fourth-order valence-electron chi connectivity index (χ4n) is 1.90. The minimum Gasteiger partial charge on any atom is -0.348 e. The Morgan fingerprint density at radius 2 is 1.58 bits per heavy atom. The molecule has 2 aliphatic rings. The Labute approximate surface area is 99.3 Å². The fraction of sp³-hybridized carbons (Fsp3) is 0.889. The molecule has 1 heterocycles. The van der Waals surface area contributed by atoms with Crippen LogP contribution in [0.25, 0.3) is 0 Å². The van der Waals surface area contributed by atoms with Gasteiger partial charge in [-0.15, -0.1) is 0 Å². The molecule has 1 aliphatic carbocycles. The molecule has 0 aromatic carbocycles. The van der Waals surface area contributed by atoms with Crippen LogP contribution in [0.3, 0.4) is 0 Å². The molecule has 1 aliphatic heterocycles. The molecule has 2 rings (SSSR count). The van der Waals surface area contributed by atoms with Gasteiger partial charge in [0.1, 0.15) is 0 Å². The van der Waals surface area contributed by atoms with Gasteiger partial charge >= 0.3 is 0 Å². The SMILES string of the molecule is [CH2-]C1CCC2(CC1)OCCO2.[Y]. The molecule has 1 saturated carbocycles. The van der Waals surface area contributed by atoms with Crippen molar-refractivity contribution in [2.24, 2.45) is 5.92 Å². The summed E-state index contributed by atoms with van der Waals surface area (Å²) in [5, 5.41) is 0. The number of hydrogen-bond acceptors (Lipinski definition) is 2. The monoisotopic (exact) mass is 244 g/mol. The third-order valence-corrected chi connectivity index (χ3v) is 2.68. The van der Waals surface area contributed by atoms with Crippen molar-refractivity contribution in [3.8, 4) is 0 Å². The Hall–Kier alpha value is 1.02. The first-order valence-corrected chi connectivity index (χ1v) is 4.42. The smallest absolute Gasteiger partial charge is 0.168 e. The van der Waals surface area contributed by atoms with Crippen molar-refractivity contribution in [3.05, 3.63) is 6.92 Å². The quantitative estimate of drug-likeness (QED) is 0.604. The summed E-state index contributed by atoms with van der Waals surface area (Å²) >= 11 is 0. The van der Waals surface area contributed by atoms with Crippen LogP contribution in [0.4, 0.5) is 0 Å². The minimum atomic E-state index is -0.186. The Bertz CT molecular complexity index is 133. The molecule has 0 aromatic heterocycles. The van der Waals surface area contributed by atoms with E-state index >= 15 is 0 Å². The summed E-state index contributed by atoms with van der Waals surface area (Å²) in [7, 11) is 0. The van der Waals surface area contributed by atoms with Crippen LogP contribution in [-0.2, 0) is 42.2 Å². The van der Waals surface area contributed by atoms with E-state index in [9.17, 15) is 0 Å². The van der Waals surface area contributed by atoms with Gasteiger partial charge in [-0.3, -0.25) is 0 Å².